The summed E-state index contributed by atoms with van der Waals surface area (Å²) in [5.74, 6) is -1.63. The maximum atomic E-state index is 15.9. The molecule has 0 spiro atoms. The summed E-state index contributed by atoms with van der Waals surface area (Å²) in [5, 5.41) is 3.73. The van der Waals surface area contributed by atoms with Crippen molar-refractivity contribution in [3.05, 3.63) is 58.1 Å². The molecular weight excluding hydrogens is 432 g/mol. The molecule has 27 heavy (non-hydrogen) atoms. The van der Waals surface area contributed by atoms with E-state index in [9.17, 15) is 18.0 Å². The van der Waals surface area contributed by atoms with Crippen LogP contribution in [0.3, 0.4) is 0 Å². The van der Waals surface area contributed by atoms with Gasteiger partial charge in [-0.3, -0.25) is 4.79 Å². The SMILES string of the molecule is COc1ccc(C)cc1[C@]1(F)C(=O)N(c2ccc(Br)cc2)N=C1C(F)(F)F. The Morgan fingerprint density at radius 2 is 1.78 bits per heavy atom. The summed E-state index contributed by atoms with van der Waals surface area (Å²) in [7, 11) is 1.19. The van der Waals surface area contributed by atoms with Crippen molar-refractivity contribution in [2.45, 2.75) is 18.8 Å². The average Bonchev–Trinajstić information content (AvgIpc) is 2.88. The summed E-state index contributed by atoms with van der Waals surface area (Å²) in [6, 6.07) is 9.76. The summed E-state index contributed by atoms with van der Waals surface area (Å²) in [6.07, 6.45) is -5.16. The summed E-state index contributed by atoms with van der Waals surface area (Å²) in [5.41, 5.74) is -5.42. The lowest BCUT2D eigenvalue weighted by Crippen LogP contribution is -2.45. The first-order chi connectivity index (χ1) is 12.6. The zero-order valence-electron chi connectivity index (χ0n) is 14.1. The first kappa shape index (κ1) is 19.3. The first-order valence-corrected chi connectivity index (χ1v) is 8.48. The van der Waals surface area contributed by atoms with Gasteiger partial charge in [-0.05, 0) is 43.3 Å². The minimum atomic E-state index is -5.16. The number of aryl methyl sites for hydroxylation is 1. The third-order valence-corrected chi connectivity index (χ3v) is 4.61. The van der Waals surface area contributed by atoms with Crippen molar-refractivity contribution in [1.82, 2.24) is 0 Å². The van der Waals surface area contributed by atoms with Gasteiger partial charge in [-0.25, -0.2) is 4.39 Å². The van der Waals surface area contributed by atoms with Crippen molar-refractivity contribution in [2.24, 2.45) is 5.10 Å². The first-order valence-electron chi connectivity index (χ1n) is 7.69. The number of hydrazone groups is 1. The molecule has 1 aliphatic heterocycles. The molecule has 1 aliphatic rings. The summed E-state index contributed by atoms with van der Waals surface area (Å²) in [4.78, 5) is 12.8. The van der Waals surface area contributed by atoms with E-state index in [0.29, 0.717) is 15.0 Å². The molecular formula is C18H13BrF4N2O2. The number of benzene rings is 2. The smallest absolute Gasteiger partial charge is 0.435 e. The quantitative estimate of drug-likeness (QED) is 0.632. The number of methoxy groups -OCH3 is 1. The fourth-order valence-electron chi connectivity index (χ4n) is 2.80. The maximum Gasteiger partial charge on any atom is 0.435 e. The minimum Gasteiger partial charge on any atom is -0.496 e. The molecule has 1 amide bonds. The van der Waals surface area contributed by atoms with Crippen LogP contribution in [0.1, 0.15) is 11.1 Å². The van der Waals surface area contributed by atoms with Gasteiger partial charge in [0.2, 0.25) is 0 Å². The van der Waals surface area contributed by atoms with Crippen LogP contribution >= 0.6 is 15.9 Å². The molecule has 1 atom stereocenters. The number of amides is 1. The normalized spacial score (nSPS) is 20.0. The largest absolute Gasteiger partial charge is 0.496 e. The predicted octanol–water partition coefficient (Wildman–Crippen LogP) is 4.90. The van der Waals surface area contributed by atoms with E-state index in [2.05, 4.69) is 21.0 Å². The molecule has 0 N–H and O–H groups in total. The highest BCUT2D eigenvalue weighted by molar-refractivity contribution is 9.10. The van der Waals surface area contributed by atoms with E-state index in [1.54, 1.807) is 13.0 Å². The number of alkyl halides is 4. The molecule has 142 valence electrons. The van der Waals surface area contributed by atoms with Gasteiger partial charge >= 0.3 is 6.18 Å². The lowest BCUT2D eigenvalue weighted by molar-refractivity contribution is -0.127. The highest BCUT2D eigenvalue weighted by Crippen LogP contribution is 2.46. The van der Waals surface area contributed by atoms with Crippen LogP contribution in [0.25, 0.3) is 0 Å². The lowest BCUT2D eigenvalue weighted by atomic mass is 9.88. The van der Waals surface area contributed by atoms with Crippen molar-refractivity contribution in [2.75, 3.05) is 12.1 Å². The van der Waals surface area contributed by atoms with Gasteiger partial charge in [0.25, 0.3) is 11.6 Å². The summed E-state index contributed by atoms with van der Waals surface area (Å²) < 4.78 is 62.4. The standard InChI is InChI=1S/C18H13BrF4N2O2/c1-10-3-8-14(27-2)13(9-10)17(20)15(18(21,22)23)24-25(16(17)26)12-6-4-11(19)5-7-12/h3-9H,1-2H3/t17-/m1/s1. The highest BCUT2D eigenvalue weighted by atomic mass is 79.9. The molecule has 0 bridgehead atoms. The Morgan fingerprint density at radius 3 is 2.33 bits per heavy atom. The predicted molar refractivity (Wildman–Crippen MR) is 95.6 cm³/mol. The Kier molecular flexibility index (Phi) is 4.75. The van der Waals surface area contributed by atoms with Crippen molar-refractivity contribution in [3.8, 4) is 5.75 Å². The number of carbonyl (C=O) groups excluding carboxylic acids is 1. The number of ether oxygens (including phenoxy) is 1. The van der Waals surface area contributed by atoms with Crippen LogP contribution in [0.15, 0.2) is 52.0 Å². The van der Waals surface area contributed by atoms with E-state index >= 15 is 4.39 Å². The van der Waals surface area contributed by atoms with Crippen LogP contribution in [-0.2, 0) is 10.5 Å². The number of hydrogen-bond donors (Lipinski definition) is 0. The number of nitrogens with zero attached hydrogens (tertiary/aromatic N) is 2. The van der Waals surface area contributed by atoms with Crippen molar-refractivity contribution >= 4 is 33.2 Å². The minimum absolute atomic E-state index is 0.0103. The average molecular weight is 445 g/mol. The Labute approximate surface area is 160 Å². The molecule has 0 saturated heterocycles. The Hall–Kier alpha value is -2.42. The van der Waals surface area contributed by atoms with Crippen molar-refractivity contribution in [3.63, 3.8) is 0 Å². The molecule has 2 aromatic rings. The fourth-order valence-corrected chi connectivity index (χ4v) is 3.07. The Bertz CT molecular complexity index is 928. The third kappa shape index (κ3) is 3.20. The van der Waals surface area contributed by atoms with E-state index in [1.165, 1.54) is 37.4 Å². The van der Waals surface area contributed by atoms with E-state index in [-0.39, 0.29) is 11.4 Å². The van der Waals surface area contributed by atoms with E-state index in [0.717, 1.165) is 6.07 Å². The zero-order valence-corrected chi connectivity index (χ0v) is 15.7. The van der Waals surface area contributed by atoms with Gasteiger partial charge in [0, 0.05) is 10.0 Å². The van der Waals surface area contributed by atoms with E-state index < -0.39 is 29.0 Å². The molecule has 2 aromatic carbocycles. The van der Waals surface area contributed by atoms with Crippen molar-refractivity contribution in [1.29, 1.82) is 0 Å². The van der Waals surface area contributed by atoms with E-state index in [1.807, 2.05) is 0 Å². The fraction of sp³-hybridized carbons (Fsp3) is 0.222. The second-order valence-corrected chi connectivity index (χ2v) is 6.82. The molecule has 0 fully saturated rings. The molecule has 0 aliphatic carbocycles. The van der Waals surface area contributed by atoms with Crippen LogP contribution < -0.4 is 9.75 Å². The van der Waals surface area contributed by atoms with Crippen LogP contribution in [0.4, 0.5) is 23.2 Å². The van der Waals surface area contributed by atoms with Crippen LogP contribution in [0.2, 0.25) is 0 Å². The topological polar surface area (TPSA) is 41.9 Å². The lowest BCUT2D eigenvalue weighted by Gasteiger charge is -2.24. The number of rotatable bonds is 3. The summed E-state index contributed by atoms with van der Waals surface area (Å²) >= 11 is 3.19. The molecule has 0 aromatic heterocycles. The van der Waals surface area contributed by atoms with Crippen molar-refractivity contribution < 1.29 is 27.1 Å². The number of carbonyl (C=O) groups is 1. The van der Waals surface area contributed by atoms with Gasteiger partial charge in [0.1, 0.15) is 5.75 Å². The van der Waals surface area contributed by atoms with Gasteiger partial charge in [0.15, 0.2) is 5.71 Å². The molecule has 0 saturated carbocycles. The van der Waals surface area contributed by atoms with Crippen LogP contribution in [-0.4, -0.2) is 24.9 Å². The maximum absolute atomic E-state index is 15.9. The molecule has 9 heteroatoms. The van der Waals surface area contributed by atoms with Gasteiger partial charge in [-0.15, -0.1) is 0 Å². The second-order valence-electron chi connectivity index (χ2n) is 5.90. The van der Waals surface area contributed by atoms with Crippen LogP contribution in [0, 0.1) is 6.92 Å². The van der Waals surface area contributed by atoms with Gasteiger partial charge in [0.05, 0.1) is 12.8 Å². The zero-order chi connectivity index (χ0) is 20.0. The molecule has 4 nitrogen and oxygen atoms in total. The summed E-state index contributed by atoms with van der Waals surface area (Å²) in [6.45, 7) is 1.57. The molecule has 0 radical (unpaired) electrons. The Morgan fingerprint density at radius 1 is 1.15 bits per heavy atom. The van der Waals surface area contributed by atoms with Gasteiger partial charge < -0.3 is 4.74 Å². The third-order valence-electron chi connectivity index (χ3n) is 4.08. The number of hydrogen-bond acceptors (Lipinski definition) is 3. The number of anilines is 1. The molecule has 1 heterocycles. The van der Waals surface area contributed by atoms with Gasteiger partial charge in [-0.1, -0.05) is 27.6 Å². The van der Waals surface area contributed by atoms with Gasteiger partial charge in [-0.2, -0.15) is 23.3 Å². The monoisotopic (exact) mass is 444 g/mol. The molecule has 0 unspecified atom stereocenters. The highest BCUT2D eigenvalue weighted by Gasteiger charge is 2.64. The van der Waals surface area contributed by atoms with E-state index in [4.69, 9.17) is 4.74 Å². The Balaban J connectivity index is 2.22. The molecule has 3 rings (SSSR count). The number of halogens is 5. The second kappa shape index (κ2) is 6.63. The van der Waals surface area contributed by atoms with Crippen LogP contribution in [0.5, 0.6) is 5.75 Å².